The minimum Gasteiger partial charge on any atom is -0.311 e. The monoisotopic (exact) mass is 420 g/mol. The Morgan fingerprint density at radius 2 is 2.17 bits per heavy atom. The van der Waals surface area contributed by atoms with E-state index in [0.29, 0.717) is 29.8 Å². The number of benzene rings is 1. The van der Waals surface area contributed by atoms with Crippen molar-refractivity contribution in [3.8, 4) is 0 Å². The molecule has 158 valence electrons. The number of aromatic amines is 1. The summed E-state index contributed by atoms with van der Waals surface area (Å²) in [5, 5.41) is 9.13. The van der Waals surface area contributed by atoms with Gasteiger partial charge in [-0.05, 0) is 66.8 Å². The van der Waals surface area contributed by atoms with Gasteiger partial charge in [-0.1, -0.05) is 6.07 Å². The summed E-state index contributed by atoms with van der Waals surface area (Å²) in [7, 11) is 0. The summed E-state index contributed by atoms with van der Waals surface area (Å²) < 4.78 is 52.5. The number of anilines is 1. The molecule has 1 aromatic carbocycles. The van der Waals surface area contributed by atoms with Crippen LogP contribution >= 0.6 is 0 Å². The molecule has 1 heterocycles. The van der Waals surface area contributed by atoms with E-state index in [0.717, 1.165) is 23.3 Å². The molecule has 9 heteroatoms. The summed E-state index contributed by atoms with van der Waals surface area (Å²) >= 11 is 0. The van der Waals surface area contributed by atoms with Gasteiger partial charge in [-0.25, -0.2) is 4.39 Å². The first-order valence-electron chi connectivity index (χ1n) is 9.23. The second kappa shape index (κ2) is 8.64. The zero-order valence-corrected chi connectivity index (χ0v) is 16.2. The molecule has 5 nitrogen and oxygen atoms in total. The number of hydrogen-bond acceptors (Lipinski definition) is 3. The van der Waals surface area contributed by atoms with Gasteiger partial charge in [0.25, 0.3) is 0 Å². The summed E-state index contributed by atoms with van der Waals surface area (Å²) in [4.78, 5) is 16.2. The zero-order valence-electron chi connectivity index (χ0n) is 16.2. The normalized spacial score (nSPS) is 19.8. The molecule has 0 saturated heterocycles. The van der Waals surface area contributed by atoms with Crippen molar-refractivity contribution in [3.63, 3.8) is 0 Å². The van der Waals surface area contributed by atoms with Crippen LogP contribution in [0.2, 0.25) is 0 Å². The molecule has 2 N–H and O–H groups in total. The van der Waals surface area contributed by atoms with Crippen molar-refractivity contribution in [2.24, 2.45) is 10.9 Å². The van der Waals surface area contributed by atoms with Gasteiger partial charge in [-0.15, -0.1) is 0 Å². The number of amides is 1. The quantitative estimate of drug-likeness (QED) is 0.505. The fourth-order valence-corrected chi connectivity index (χ4v) is 3.67. The Labute approximate surface area is 170 Å². The number of nitrogens with one attached hydrogen (secondary N) is 2. The molecule has 1 aromatic heterocycles. The van der Waals surface area contributed by atoms with E-state index in [1.54, 1.807) is 19.2 Å². The highest BCUT2D eigenvalue weighted by Crippen LogP contribution is 2.42. The molecule has 0 aliphatic heterocycles. The SMILES string of the molecule is C=NC=C1/C(=C(\C)c2ccc(C(F)(F)F)c(F)c2)CCC1CC(=O)Nc1ccn[nH]1. The van der Waals surface area contributed by atoms with Gasteiger partial charge >= 0.3 is 6.18 Å². The summed E-state index contributed by atoms with van der Waals surface area (Å²) in [6.45, 7) is 5.19. The minimum absolute atomic E-state index is 0.136. The molecular formula is C21H20F4N4O. The minimum atomic E-state index is -4.75. The first-order chi connectivity index (χ1) is 14.2. The van der Waals surface area contributed by atoms with Crippen molar-refractivity contribution >= 4 is 24.0 Å². The number of hydrogen-bond donors (Lipinski definition) is 2. The fraction of sp³-hybridized carbons (Fsp3) is 0.286. The van der Waals surface area contributed by atoms with Gasteiger partial charge in [0.05, 0.1) is 11.8 Å². The van der Waals surface area contributed by atoms with Crippen LogP contribution in [0.4, 0.5) is 23.4 Å². The van der Waals surface area contributed by atoms with E-state index in [1.807, 2.05) is 0 Å². The van der Waals surface area contributed by atoms with Crippen molar-refractivity contribution in [1.29, 1.82) is 0 Å². The average Bonchev–Trinajstić information content (AvgIpc) is 3.31. The van der Waals surface area contributed by atoms with Crippen LogP contribution in [0.5, 0.6) is 0 Å². The number of nitrogens with zero attached hydrogens (tertiary/aromatic N) is 2. The average molecular weight is 420 g/mol. The topological polar surface area (TPSA) is 70.1 Å². The molecule has 30 heavy (non-hydrogen) atoms. The highest BCUT2D eigenvalue weighted by molar-refractivity contribution is 5.90. The van der Waals surface area contributed by atoms with Gasteiger partial charge in [0, 0.05) is 18.7 Å². The number of allylic oxidation sites excluding steroid dienone is 3. The Balaban J connectivity index is 1.85. The Bertz CT molecular complexity index is 1010. The highest BCUT2D eigenvalue weighted by atomic mass is 19.4. The van der Waals surface area contributed by atoms with Gasteiger partial charge in [0.2, 0.25) is 5.91 Å². The number of H-pyrrole nitrogens is 1. The molecule has 0 spiro atoms. The van der Waals surface area contributed by atoms with Crippen LogP contribution in [0.1, 0.15) is 37.3 Å². The van der Waals surface area contributed by atoms with Crippen LogP contribution in [0.3, 0.4) is 0 Å². The number of halogens is 4. The van der Waals surface area contributed by atoms with E-state index < -0.39 is 17.6 Å². The third-order valence-corrected chi connectivity index (χ3v) is 5.13. The lowest BCUT2D eigenvalue weighted by Gasteiger charge is -2.14. The standard InChI is InChI=1S/C21H20F4N4O/c1-12(13-4-6-17(18(22)9-13)21(23,24)25)15-5-3-14(16(15)11-26-2)10-20(30)28-19-7-8-27-29-19/h4,6-9,11,14H,2-3,5,10H2,1H3,(H2,27,28,29,30)/b15-12+,16-11?. The first kappa shape index (κ1) is 21.5. The fourth-order valence-electron chi connectivity index (χ4n) is 3.67. The van der Waals surface area contributed by atoms with Crippen LogP contribution in [-0.2, 0) is 11.0 Å². The molecule has 1 aliphatic rings. The van der Waals surface area contributed by atoms with E-state index in [2.05, 4.69) is 27.2 Å². The number of carbonyl (C=O) groups excluding carboxylic acids is 1. The number of aliphatic imine (C=N–C) groups is 1. The maximum absolute atomic E-state index is 14.0. The predicted octanol–water partition coefficient (Wildman–Crippen LogP) is 5.36. The lowest BCUT2D eigenvalue weighted by molar-refractivity contribution is -0.140. The molecule has 1 aliphatic carbocycles. The number of rotatable bonds is 5. The number of aromatic nitrogens is 2. The Kier molecular flexibility index (Phi) is 6.19. The van der Waals surface area contributed by atoms with Crippen LogP contribution in [0.25, 0.3) is 5.57 Å². The third-order valence-electron chi connectivity index (χ3n) is 5.13. The summed E-state index contributed by atoms with van der Waals surface area (Å²) in [6.07, 6.45) is -0.224. The lowest BCUT2D eigenvalue weighted by Crippen LogP contribution is -2.16. The van der Waals surface area contributed by atoms with Crippen LogP contribution in [0, 0.1) is 11.7 Å². The van der Waals surface area contributed by atoms with Gasteiger partial charge < -0.3 is 5.32 Å². The Hall–Kier alpha value is -3.23. The van der Waals surface area contributed by atoms with E-state index in [9.17, 15) is 22.4 Å². The van der Waals surface area contributed by atoms with Crippen molar-refractivity contribution < 1.29 is 22.4 Å². The molecule has 2 aromatic rings. The smallest absolute Gasteiger partial charge is 0.311 e. The maximum atomic E-state index is 14.0. The zero-order chi connectivity index (χ0) is 21.9. The summed E-state index contributed by atoms with van der Waals surface area (Å²) in [5.74, 6) is -1.18. The van der Waals surface area contributed by atoms with E-state index >= 15 is 0 Å². The maximum Gasteiger partial charge on any atom is 0.419 e. The van der Waals surface area contributed by atoms with Gasteiger partial charge in [-0.3, -0.25) is 14.9 Å². The van der Waals surface area contributed by atoms with E-state index in [1.165, 1.54) is 12.3 Å². The van der Waals surface area contributed by atoms with E-state index in [4.69, 9.17) is 0 Å². The number of carbonyl (C=O) groups is 1. The highest BCUT2D eigenvalue weighted by Gasteiger charge is 2.34. The van der Waals surface area contributed by atoms with Crippen molar-refractivity contribution in [3.05, 3.63) is 64.8 Å². The van der Waals surface area contributed by atoms with Gasteiger partial charge in [0.1, 0.15) is 11.6 Å². The number of alkyl halides is 3. The Morgan fingerprint density at radius 1 is 1.40 bits per heavy atom. The largest absolute Gasteiger partial charge is 0.419 e. The van der Waals surface area contributed by atoms with Crippen molar-refractivity contribution in [2.75, 3.05) is 5.32 Å². The third kappa shape index (κ3) is 4.67. The predicted molar refractivity (Wildman–Crippen MR) is 106 cm³/mol. The Morgan fingerprint density at radius 3 is 2.77 bits per heavy atom. The first-order valence-corrected chi connectivity index (χ1v) is 9.23. The summed E-state index contributed by atoms with van der Waals surface area (Å²) in [6, 6.07) is 4.52. The van der Waals surface area contributed by atoms with Gasteiger partial charge in [-0.2, -0.15) is 18.3 Å². The molecule has 1 atom stereocenters. The van der Waals surface area contributed by atoms with Crippen molar-refractivity contribution in [1.82, 2.24) is 10.2 Å². The second-order valence-electron chi connectivity index (χ2n) is 7.02. The summed E-state index contributed by atoms with van der Waals surface area (Å²) in [5.41, 5.74) is 1.32. The van der Waals surface area contributed by atoms with Crippen molar-refractivity contribution in [2.45, 2.75) is 32.4 Å². The molecule has 1 unspecified atom stereocenters. The molecule has 1 amide bonds. The van der Waals surface area contributed by atoms with Crippen LogP contribution < -0.4 is 5.32 Å². The second-order valence-corrected chi connectivity index (χ2v) is 7.02. The van der Waals surface area contributed by atoms with Gasteiger partial charge in [0.15, 0.2) is 0 Å². The molecule has 0 radical (unpaired) electrons. The molecule has 3 rings (SSSR count). The lowest BCUT2D eigenvalue weighted by atomic mass is 9.93. The van der Waals surface area contributed by atoms with Crippen LogP contribution in [-0.4, -0.2) is 22.8 Å². The van der Waals surface area contributed by atoms with E-state index in [-0.39, 0.29) is 18.2 Å². The molecule has 0 bridgehead atoms. The molecule has 1 saturated carbocycles. The molecule has 1 fully saturated rings. The molecular weight excluding hydrogens is 400 g/mol. The van der Waals surface area contributed by atoms with Crippen LogP contribution in [0.15, 0.2) is 52.8 Å².